The van der Waals surface area contributed by atoms with Crippen LogP contribution in [0.5, 0.6) is 0 Å². The Hall–Kier alpha value is 0.190. The molecule has 0 heterocycles. The summed E-state index contributed by atoms with van der Waals surface area (Å²) in [5.41, 5.74) is 1.60. The van der Waals surface area contributed by atoms with E-state index in [2.05, 4.69) is 38.5 Å². The maximum atomic E-state index is 10.4. The van der Waals surface area contributed by atoms with Crippen molar-refractivity contribution in [3.63, 3.8) is 0 Å². The number of aliphatic hydroxyl groups is 1. The molecule has 1 nitrogen and oxygen atoms in total. The second-order valence-corrected chi connectivity index (χ2v) is 7.00. The van der Waals surface area contributed by atoms with E-state index in [-0.39, 0.29) is 0 Å². The first kappa shape index (κ1) is 15.6. The molecule has 0 aliphatic carbocycles. The summed E-state index contributed by atoms with van der Waals surface area (Å²) in [6.45, 7) is 0. The molecule has 1 atom stereocenters. The van der Waals surface area contributed by atoms with Crippen LogP contribution in [0, 0.1) is 3.57 Å². The van der Waals surface area contributed by atoms with Crippen molar-refractivity contribution in [1.29, 1.82) is 0 Å². The fourth-order valence-electron chi connectivity index (χ4n) is 1.80. The standard InChI is InChI=1S/C14H10BrCl2IO/c15-11-5-4-8(18)6-9(11)14(19)7-10-12(16)2-1-3-13(10)17/h1-6,14,19H,7H2. The van der Waals surface area contributed by atoms with Gasteiger partial charge in [-0.15, -0.1) is 0 Å². The van der Waals surface area contributed by atoms with Gasteiger partial charge in [0.2, 0.25) is 0 Å². The molecular weight excluding hydrogens is 462 g/mol. The van der Waals surface area contributed by atoms with Crippen molar-refractivity contribution in [2.75, 3.05) is 0 Å². The highest BCUT2D eigenvalue weighted by molar-refractivity contribution is 14.1. The number of benzene rings is 2. The Bertz CT molecular complexity index is 584. The van der Waals surface area contributed by atoms with Gasteiger partial charge in [0.15, 0.2) is 0 Å². The maximum Gasteiger partial charge on any atom is 0.0842 e. The lowest BCUT2D eigenvalue weighted by Gasteiger charge is -2.15. The van der Waals surface area contributed by atoms with E-state index in [1.807, 2.05) is 18.2 Å². The molecule has 19 heavy (non-hydrogen) atoms. The molecule has 0 aromatic heterocycles. The highest BCUT2D eigenvalue weighted by Gasteiger charge is 2.16. The Labute approximate surface area is 144 Å². The lowest BCUT2D eigenvalue weighted by atomic mass is 10.0. The molecule has 0 spiro atoms. The predicted octanol–water partition coefficient (Wildman–Crippen LogP) is 5.64. The highest BCUT2D eigenvalue weighted by atomic mass is 127. The number of rotatable bonds is 3. The van der Waals surface area contributed by atoms with Gasteiger partial charge in [-0.3, -0.25) is 0 Å². The van der Waals surface area contributed by atoms with Gasteiger partial charge in [-0.05, 0) is 64.0 Å². The molecule has 2 rings (SSSR count). The molecule has 0 aliphatic heterocycles. The van der Waals surface area contributed by atoms with Crippen LogP contribution in [0.2, 0.25) is 10.0 Å². The lowest BCUT2D eigenvalue weighted by Crippen LogP contribution is -2.04. The third-order valence-electron chi connectivity index (χ3n) is 2.78. The second kappa shape index (κ2) is 6.76. The Morgan fingerprint density at radius 2 is 1.79 bits per heavy atom. The van der Waals surface area contributed by atoms with Gasteiger partial charge in [0.05, 0.1) is 6.10 Å². The fourth-order valence-corrected chi connectivity index (χ4v) is 3.38. The van der Waals surface area contributed by atoms with Crippen LogP contribution < -0.4 is 0 Å². The van der Waals surface area contributed by atoms with Crippen LogP contribution in [-0.2, 0) is 6.42 Å². The van der Waals surface area contributed by atoms with Crippen LogP contribution in [0.3, 0.4) is 0 Å². The number of aliphatic hydroxyl groups excluding tert-OH is 1. The van der Waals surface area contributed by atoms with Gasteiger partial charge in [-0.1, -0.05) is 45.2 Å². The molecule has 0 saturated carbocycles. The van der Waals surface area contributed by atoms with E-state index in [1.54, 1.807) is 18.2 Å². The zero-order valence-electron chi connectivity index (χ0n) is 9.71. The minimum absolute atomic E-state index is 0.386. The average molecular weight is 472 g/mol. The molecule has 1 N–H and O–H groups in total. The van der Waals surface area contributed by atoms with Crippen molar-refractivity contribution in [3.8, 4) is 0 Å². The van der Waals surface area contributed by atoms with Crippen molar-refractivity contribution < 1.29 is 5.11 Å². The monoisotopic (exact) mass is 470 g/mol. The minimum atomic E-state index is -0.651. The quantitative estimate of drug-likeness (QED) is 0.575. The number of hydrogen-bond donors (Lipinski definition) is 1. The predicted molar refractivity (Wildman–Crippen MR) is 92.0 cm³/mol. The van der Waals surface area contributed by atoms with E-state index in [1.165, 1.54) is 0 Å². The van der Waals surface area contributed by atoms with Gasteiger partial charge in [0.1, 0.15) is 0 Å². The summed E-state index contributed by atoms with van der Waals surface area (Å²) in [6.07, 6.45) is -0.265. The molecule has 0 bridgehead atoms. The van der Waals surface area contributed by atoms with Gasteiger partial charge >= 0.3 is 0 Å². The summed E-state index contributed by atoms with van der Waals surface area (Å²) in [6, 6.07) is 11.2. The molecular formula is C14H10BrCl2IO. The highest BCUT2D eigenvalue weighted by Crippen LogP contribution is 2.32. The normalized spacial score (nSPS) is 12.5. The molecule has 100 valence electrons. The van der Waals surface area contributed by atoms with Crippen molar-refractivity contribution in [1.82, 2.24) is 0 Å². The number of hydrogen-bond acceptors (Lipinski definition) is 1. The van der Waals surface area contributed by atoms with Crippen molar-refractivity contribution in [2.45, 2.75) is 12.5 Å². The van der Waals surface area contributed by atoms with E-state index in [4.69, 9.17) is 23.2 Å². The second-order valence-electron chi connectivity index (χ2n) is 4.09. The van der Waals surface area contributed by atoms with Crippen molar-refractivity contribution in [3.05, 3.63) is 65.6 Å². The van der Waals surface area contributed by atoms with Crippen LogP contribution in [0.4, 0.5) is 0 Å². The van der Waals surface area contributed by atoms with Crippen LogP contribution in [0.25, 0.3) is 0 Å². The summed E-state index contributed by atoms with van der Waals surface area (Å²) < 4.78 is 1.95. The summed E-state index contributed by atoms with van der Waals surface area (Å²) in [5, 5.41) is 11.5. The molecule has 1 unspecified atom stereocenters. The summed E-state index contributed by atoms with van der Waals surface area (Å²) >= 11 is 17.9. The molecule has 2 aromatic carbocycles. The summed E-state index contributed by atoms with van der Waals surface area (Å²) in [4.78, 5) is 0. The van der Waals surface area contributed by atoms with E-state index in [9.17, 15) is 5.11 Å². The lowest BCUT2D eigenvalue weighted by molar-refractivity contribution is 0.177. The minimum Gasteiger partial charge on any atom is -0.388 e. The van der Waals surface area contributed by atoms with Gasteiger partial charge in [-0.25, -0.2) is 0 Å². The molecule has 0 radical (unpaired) electrons. The van der Waals surface area contributed by atoms with Gasteiger partial charge in [0, 0.05) is 24.5 Å². The van der Waals surface area contributed by atoms with E-state index in [0.717, 1.165) is 19.2 Å². The van der Waals surface area contributed by atoms with Crippen molar-refractivity contribution >= 4 is 61.7 Å². The number of halogens is 4. The molecule has 0 aliphatic rings. The van der Waals surface area contributed by atoms with Crippen molar-refractivity contribution in [2.24, 2.45) is 0 Å². The molecule has 0 saturated heterocycles. The smallest absolute Gasteiger partial charge is 0.0842 e. The molecule has 2 aromatic rings. The van der Waals surface area contributed by atoms with Gasteiger partial charge in [0.25, 0.3) is 0 Å². The summed E-state index contributed by atoms with van der Waals surface area (Å²) in [7, 11) is 0. The molecule has 0 amide bonds. The largest absolute Gasteiger partial charge is 0.388 e. The topological polar surface area (TPSA) is 20.2 Å². The zero-order valence-corrected chi connectivity index (χ0v) is 15.0. The Kier molecular flexibility index (Phi) is 5.55. The third kappa shape index (κ3) is 3.85. The third-order valence-corrected chi connectivity index (χ3v) is 4.88. The summed E-state index contributed by atoms with van der Waals surface area (Å²) in [5.74, 6) is 0. The molecule has 0 fully saturated rings. The van der Waals surface area contributed by atoms with E-state index in [0.29, 0.717) is 16.5 Å². The Morgan fingerprint density at radius 1 is 1.16 bits per heavy atom. The maximum absolute atomic E-state index is 10.4. The first-order chi connectivity index (χ1) is 8.99. The SMILES string of the molecule is OC(Cc1c(Cl)cccc1Cl)c1cc(I)ccc1Br. The fraction of sp³-hybridized carbons (Fsp3) is 0.143. The first-order valence-electron chi connectivity index (χ1n) is 5.55. The van der Waals surface area contributed by atoms with Crippen LogP contribution in [-0.4, -0.2) is 5.11 Å². The average Bonchev–Trinajstić information content (AvgIpc) is 2.37. The van der Waals surface area contributed by atoms with Crippen LogP contribution >= 0.6 is 61.7 Å². The van der Waals surface area contributed by atoms with E-state index >= 15 is 0 Å². The Morgan fingerprint density at radius 3 is 2.42 bits per heavy atom. The van der Waals surface area contributed by atoms with Gasteiger partial charge in [-0.2, -0.15) is 0 Å². The molecule has 5 heteroatoms. The van der Waals surface area contributed by atoms with E-state index < -0.39 is 6.10 Å². The Balaban J connectivity index is 2.31. The first-order valence-corrected chi connectivity index (χ1v) is 8.17. The van der Waals surface area contributed by atoms with Crippen LogP contribution in [0.15, 0.2) is 40.9 Å². The van der Waals surface area contributed by atoms with Crippen LogP contribution in [0.1, 0.15) is 17.2 Å². The zero-order chi connectivity index (χ0) is 14.0. The van der Waals surface area contributed by atoms with Gasteiger partial charge < -0.3 is 5.11 Å².